The molecule has 1 fully saturated rings. The normalized spacial score (nSPS) is 21.9. The molecule has 106 valence electrons. The van der Waals surface area contributed by atoms with E-state index in [2.05, 4.69) is 15.0 Å². The molecule has 0 spiro atoms. The van der Waals surface area contributed by atoms with Crippen LogP contribution < -0.4 is 5.32 Å². The molecule has 0 aromatic carbocycles. The third-order valence-electron chi connectivity index (χ3n) is 2.96. The van der Waals surface area contributed by atoms with Crippen LogP contribution in [0.1, 0.15) is 28.2 Å². The first-order valence-electron chi connectivity index (χ1n) is 5.94. The van der Waals surface area contributed by atoms with E-state index in [0.29, 0.717) is 22.1 Å². The standard InChI is InChI=1S/C11H16N2O4S2/c1-7-9(10(14)17-2)18-11(12-7)13-8-4-3-5-19(15,16)6-8/h8H,3-6H2,1-2H3,(H,12,13). The Bertz CT molecular complexity index is 580. The van der Waals surface area contributed by atoms with E-state index in [1.165, 1.54) is 18.4 Å². The van der Waals surface area contributed by atoms with Crippen LogP contribution in [-0.4, -0.2) is 44.0 Å². The summed E-state index contributed by atoms with van der Waals surface area (Å²) >= 11 is 1.19. The molecule has 0 radical (unpaired) electrons. The molecule has 6 nitrogen and oxygen atoms in total. The van der Waals surface area contributed by atoms with Gasteiger partial charge in [-0.25, -0.2) is 18.2 Å². The van der Waals surface area contributed by atoms with Crippen molar-refractivity contribution < 1.29 is 17.9 Å². The van der Waals surface area contributed by atoms with E-state index in [1.54, 1.807) is 6.92 Å². The predicted molar refractivity (Wildman–Crippen MR) is 73.5 cm³/mol. The Hall–Kier alpha value is -1.15. The molecule has 2 heterocycles. The van der Waals surface area contributed by atoms with Crippen molar-refractivity contribution in [1.82, 2.24) is 4.98 Å². The Kier molecular flexibility index (Phi) is 4.10. The van der Waals surface area contributed by atoms with Crippen LogP contribution in [0.15, 0.2) is 0 Å². The lowest BCUT2D eigenvalue weighted by Gasteiger charge is -2.22. The highest BCUT2D eigenvalue weighted by Crippen LogP contribution is 2.25. The lowest BCUT2D eigenvalue weighted by molar-refractivity contribution is 0.0605. The number of nitrogens with one attached hydrogen (secondary N) is 1. The number of hydrogen-bond donors (Lipinski definition) is 1. The molecule has 1 aromatic heterocycles. The van der Waals surface area contributed by atoms with E-state index in [9.17, 15) is 13.2 Å². The van der Waals surface area contributed by atoms with Crippen molar-refractivity contribution in [3.05, 3.63) is 10.6 Å². The third kappa shape index (κ3) is 3.44. The molecule has 1 aliphatic heterocycles. The Labute approximate surface area is 116 Å². The van der Waals surface area contributed by atoms with Gasteiger partial charge in [0.25, 0.3) is 0 Å². The molecule has 0 bridgehead atoms. The molecule has 0 aliphatic carbocycles. The Morgan fingerprint density at radius 1 is 1.53 bits per heavy atom. The van der Waals surface area contributed by atoms with Gasteiger partial charge in [-0.05, 0) is 19.8 Å². The summed E-state index contributed by atoms with van der Waals surface area (Å²) in [7, 11) is -1.63. The van der Waals surface area contributed by atoms with Crippen LogP contribution >= 0.6 is 11.3 Å². The largest absolute Gasteiger partial charge is 0.465 e. The molecule has 1 aromatic rings. The summed E-state index contributed by atoms with van der Waals surface area (Å²) < 4.78 is 27.8. The molecular weight excluding hydrogens is 288 g/mol. The van der Waals surface area contributed by atoms with Crippen molar-refractivity contribution in [2.24, 2.45) is 0 Å². The lowest BCUT2D eigenvalue weighted by atomic mass is 10.2. The second kappa shape index (κ2) is 5.46. The second-order valence-electron chi connectivity index (χ2n) is 4.52. The predicted octanol–water partition coefficient (Wildman–Crippen LogP) is 1.23. The quantitative estimate of drug-likeness (QED) is 0.845. The maximum atomic E-state index is 11.5. The van der Waals surface area contributed by atoms with Crippen LogP contribution in [0.2, 0.25) is 0 Å². The summed E-state index contributed by atoms with van der Waals surface area (Å²) in [5.41, 5.74) is 0.595. The van der Waals surface area contributed by atoms with Crippen molar-refractivity contribution in [3.63, 3.8) is 0 Å². The molecule has 0 saturated carbocycles. The van der Waals surface area contributed by atoms with E-state index in [4.69, 9.17) is 0 Å². The van der Waals surface area contributed by atoms with Gasteiger partial charge < -0.3 is 10.1 Å². The van der Waals surface area contributed by atoms with Gasteiger partial charge in [0.15, 0.2) is 15.0 Å². The van der Waals surface area contributed by atoms with Crippen molar-refractivity contribution in [2.75, 3.05) is 23.9 Å². The second-order valence-corrected chi connectivity index (χ2v) is 7.75. The van der Waals surface area contributed by atoms with Crippen LogP contribution in [0.25, 0.3) is 0 Å². The zero-order valence-corrected chi connectivity index (χ0v) is 12.4. The van der Waals surface area contributed by atoms with E-state index in [0.717, 1.165) is 6.42 Å². The fourth-order valence-corrected chi connectivity index (χ4v) is 4.65. The Morgan fingerprint density at radius 3 is 2.89 bits per heavy atom. The van der Waals surface area contributed by atoms with Gasteiger partial charge in [-0.2, -0.15) is 0 Å². The van der Waals surface area contributed by atoms with Gasteiger partial charge in [-0.15, -0.1) is 0 Å². The van der Waals surface area contributed by atoms with Crippen LogP contribution in [0.4, 0.5) is 5.13 Å². The molecule has 1 N–H and O–H groups in total. The number of aryl methyl sites for hydroxylation is 1. The van der Waals surface area contributed by atoms with Gasteiger partial charge in [-0.3, -0.25) is 0 Å². The van der Waals surface area contributed by atoms with E-state index in [1.807, 2.05) is 0 Å². The van der Waals surface area contributed by atoms with Crippen molar-refractivity contribution in [1.29, 1.82) is 0 Å². The smallest absolute Gasteiger partial charge is 0.350 e. The molecule has 0 amide bonds. The van der Waals surface area contributed by atoms with E-state index in [-0.39, 0.29) is 17.5 Å². The van der Waals surface area contributed by atoms with Crippen molar-refractivity contribution in [2.45, 2.75) is 25.8 Å². The molecule has 1 unspecified atom stereocenters. The van der Waals surface area contributed by atoms with Gasteiger partial charge in [0, 0.05) is 6.04 Å². The number of ether oxygens (including phenoxy) is 1. The average Bonchev–Trinajstić information content (AvgIpc) is 2.68. The van der Waals surface area contributed by atoms with E-state index >= 15 is 0 Å². The van der Waals surface area contributed by atoms with Crippen LogP contribution in [0.3, 0.4) is 0 Å². The number of sulfone groups is 1. The first kappa shape index (κ1) is 14.3. The summed E-state index contributed by atoms with van der Waals surface area (Å²) in [6.07, 6.45) is 1.46. The fourth-order valence-electron chi connectivity index (χ4n) is 2.05. The summed E-state index contributed by atoms with van der Waals surface area (Å²) in [5, 5.41) is 3.67. The molecule has 1 saturated heterocycles. The number of carbonyl (C=O) groups excluding carboxylic acids is 1. The molecular formula is C11H16N2O4S2. The number of nitrogens with zero attached hydrogens (tertiary/aromatic N) is 1. The third-order valence-corrected chi connectivity index (χ3v) is 5.85. The highest BCUT2D eigenvalue weighted by Gasteiger charge is 2.26. The van der Waals surface area contributed by atoms with Crippen LogP contribution in [0.5, 0.6) is 0 Å². The zero-order chi connectivity index (χ0) is 14.0. The first-order valence-corrected chi connectivity index (χ1v) is 8.58. The number of hydrogen-bond acceptors (Lipinski definition) is 7. The molecule has 1 atom stereocenters. The minimum absolute atomic E-state index is 0.124. The number of methoxy groups -OCH3 is 1. The SMILES string of the molecule is COC(=O)c1sc(NC2CCCS(=O)(=O)C2)nc1C. The maximum Gasteiger partial charge on any atom is 0.350 e. The van der Waals surface area contributed by atoms with Crippen molar-refractivity contribution >= 4 is 32.3 Å². The summed E-state index contributed by atoms with van der Waals surface area (Å²) in [6, 6.07) is -0.130. The number of aromatic nitrogens is 1. The maximum absolute atomic E-state index is 11.5. The number of thiazole rings is 1. The van der Waals surface area contributed by atoms with Gasteiger partial charge in [0.2, 0.25) is 0 Å². The monoisotopic (exact) mass is 304 g/mol. The summed E-state index contributed by atoms with van der Waals surface area (Å²) in [5.74, 6) is -0.0337. The highest BCUT2D eigenvalue weighted by molar-refractivity contribution is 7.91. The van der Waals surface area contributed by atoms with Crippen molar-refractivity contribution in [3.8, 4) is 0 Å². The molecule has 8 heteroatoms. The number of anilines is 1. The van der Waals surface area contributed by atoms with Gasteiger partial charge in [-0.1, -0.05) is 11.3 Å². The Morgan fingerprint density at radius 2 is 2.26 bits per heavy atom. The molecule has 1 aliphatic rings. The lowest BCUT2D eigenvalue weighted by Crippen LogP contribution is -2.34. The topological polar surface area (TPSA) is 85.4 Å². The first-order chi connectivity index (χ1) is 8.91. The van der Waals surface area contributed by atoms with E-state index < -0.39 is 15.8 Å². The average molecular weight is 304 g/mol. The zero-order valence-electron chi connectivity index (χ0n) is 10.8. The summed E-state index contributed by atoms with van der Waals surface area (Å²) in [6.45, 7) is 1.73. The van der Waals surface area contributed by atoms with Crippen LogP contribution in [0, 0.1) is 6.92 Å². The van der Waals surface area contributed by atoms with Gasteiger partial charge >= 0.3 is 5.97 Å². The minimum Gasteiger partial charge on any atom is -0.465 e. The fraction of sp³-hybridized carbons (Fsp3) is 0.636. The molecule has 2 rings (SSSR count). The minimum atomic E-state index is -2.95. The molecule has 19 heavy (non-hydrogen) atoms. The van der Waals surface area contributed by atoms with Gasteiger partial charge in [0.1, 0.15) is 4.88 Å². The number of rotatable bonds is 3. The highest BCUT2D eigenvalue weighted by atomic mass is 32.2. The number of esters is 1. The van der Waals surface area contributed by atoms with Crippen LogP contribution in [-0.2, 0) is 14.6 Å². The van der Waals surface area contributed by atoms with Gasteiger partial charge in [0.05, 0.1) is 24.3 Å². The summed E-state index contributed by atoms with van der Waals surface area (Å²) in [4.78, 5) is 16.1. The Balaban J connectivity index is 2.09. The number of carbonyl (C=O) groups is 1.